The molecule has 1 aromatic heterocycles. The average Bonchev–Trinajstić information content (AvgIpc) is 2.57. The van der Waals surface area contributed by atoms with Crippen LogP contribution in [0.1, 0.15) is 38.8 Å². The lowest BCUT2D eigenvalue weighted by molar-refractivity contribution is 0.00578. The van der Waals surface area contributed by atoms with Crippen molar-refractivity contribution in [3.63, 3.8) is 0 Å². The smallest absolute Gasteiger partial charge is 0.400 e. The van der Waals surface area contributed by atoms with Crippen molar-refractivity contribution in [2.24, 2.45) is 0 Å². The van der Waals surface area contributed by atoms with Gasteiger partial charge in [0.2, 0.25) is 5.95 Å². The zero-order chi connectivity index (χ0) is 15.0. The van der Waals surface area contributed by atoms with Crippen molar-refractivity contribution >= 4 is 13.2 Å². The monoisotopic (exact) mass is 279 g/mol. The first-order valence-electron chi connectivity index (χ1n) is 6.54. The molecule has 0 saturated carbocycles. The highest BCUT2D eigenvalue weighted by atomic mass is 19.1. The molecule has 0 atom stereocenters. The predicted octanol–water partition coefficient (Wildman–Crippen LogP) is 2.36. The molecule has 4 nitrogen and oxygen atoms in total. The first-order chi connectivity index (χ1) is 9.25. The second-order valence-electron chi connectivity index (χ2n) is 5.86. The van der Waals surface area contributed by atoms with Crippen molar-refractivity contribution < 1.29 is 18.8 Å². The second kappa shape index (κ2) is 5.28. The molecule has 0 amide bonds. The Bertz CT molecular complexity index is 515. The van der Waals surface area contributed by atoms with E-state index >= 15 is 0 Å². The first-order valence-corrected chi connectivity index (χ1v) is 6.54. The molecule has 2 rings (SSSR count). The Kier molecular flexibility index (Phi) is 4.00. The van der Waals surface area contributed by atoms with E-state index in [2.05, 4.69) is 4.98 Å². The lowest BCUT2D eigenvalue weighted by atomic mass is 9.89. The molecule has 0 aliphatic carbocycles. The normalized spacial score (nSPS) is 20.8. The third-order valence-electron chi connectivity index (χ3n) is 3.82. The van der Waals surface area contributed by atoms with E-state index in [0.717, 1.165) is 0 Å². The second-order valence-corrected chi connectivity index (χ2v) is 5.86. The molecule has 0 aromatic carbocycles. The van der Waals surface area contributed by atoms with Crippen LogP contribution in [-0.2, 0) is 15.9 Å². The summed E-state index contributed by atoms with van der Waals surface area (Å²) in [5.41, 5.74) is 0.0738. The van der Waals surface area contributed by atoms with Crippen LogP contribution in [0.15, 0.2) is 18.2 Å². The minimum Gasteiger partial charge on any atom is -0.400 e. The molecule has 108 valence electrons. The van der Waals surface area contributed by atoms with Gasteiger partial charge in [0.15, 0.2) is 0 Å². The molecule has 1 N–H and O–H groups in total. The summed E-state index contributed by atoms with van der Waals surface area (Å²) in [4.78, 5) is 3.59. The summed E-state index contributed by atoms with van der Waals surface area (Å²) >= 11 is 0. The molecule has 6 heteroatoms. The molecule has 2 heterocycles. The highest BCUT2D eigenvalue weighted by Crippen LogP contribution is 2.37. The summed E-state index contributed by atoms with van der Waals surface area (Å²) in [6.07, 6.45) is 3.14. The zero-order valence-electron chi connectivity index (χ0n) is 12.2. The maximum atomic E-state index is 13.2. The summed E-state index contributed by atoms with van der Waals surface area (Å²) in [6, 6.07) is 1.55. The Morgan fingerprint density at radius 2 is 1.90 bits per heavy atom. The highest BCUT2D eigenvalue weighted by Gasteiger charge is 2.49. The fourth-order valence-corrected chi connectivity index (χ4v) is 1.87. The number of halogens is 1. The lowest BCUT2D eigenvalue weighted by Crippen LogP contribution is -2.41. The van der Waals surface area contributed by atoms with Crippen LogP contribution in [-0.4, -0.2) is 28.4 Å². The minimum atomic E-state index is -0.653. The van der Waals surface area contributed by atoms with Gasteiger partial charge in [-0.15, -0.1) is 0 Å². The van der Waals surface area contributed by atoms with Crippen LogP contribution >= 0.6 is 0 Å². The third kappa shape index (κ3) is 2.92. The number of pyridine rings is 1. The maximum absolute atomic E-state index is 13.2. The van der Waals surface area contributed by atoms with Crippen molar-refractivity contribution in [2.75, 3.05) is 0 Å². The molecule has 20 heavy (non-hydrogen) atoms. The fraction of sp³-hybridized carbons (Fsp3) is 0.500. The number of hydrogen-bond acceptors (Lipinski definition) is 4. The molecule has 0 spiro atoms. The van der Waals surface area contributed by atoms with E-state index in [9.17, 15) is 4.39 Å². The maximum Gasteiger partial charge on any atom is 0.487 e. The van der Waals surface area contributed by atoms with Gasteiger partial charge in [0.05, 0.1) is 17.8 Å². The summed E-state index contributed by atoms with van der Waals surface area (Å²) in [6.45, 7) is 7.53. The number of aliphatic hydroxyl groups is 1. The number of aliphatic hydroxyl groups excluding tert-OH is 1. The Hall–Kier alpha value is -1.24. The van der Waals surface area contributed by atoms with Gasteiger partial charge in [-0.25, -0.2) is 4.98 Å². The number of nitrogens with zero attached hydrogens (tertiary/aromatic N) is 1. The number of rotatable bonds is 3. The van der Waals surface area contributed by atoms with E-state index < -0.39 is 13.1 Å². The highest BCUT2D eigenvalue weighted by molar-refractivity contribution is 6.52. The van der Waals surface area contributed by atoms with Crippen molar-refractivity contribution in [3.05, 3.63) is 35.3 Å². The Morgan fingerprint density at radius 3 is 2.45 bits per heavy atom. The third-order valence-corrected chi connectivity index (χ3v) is 3.82. The summed E-state index contributed by atoms with van der Waals surface area (Å²) in [7, 11) is -0.456. The molecule has 1 saturated heterocycles. The molecular formula is C14H19BFNO3. The fourth-order valence-electron chi connectivity index (χ4n) is 1.87. The quantitative estimate of drug-likeness (QED) is 0.681. The molecule has 0 bridgehead atoms. The Labute approximate surface area is 118 Å². The van der Waals surface area contributed by atoms with Crippen LogP contribution in [0.2, 0.25) is 0 Å². The summed E-state index contributed by atoms with van der Waals surface area (Å²) in [5.74, 6) is 1.10. The zero-order valence-corrected chi connectivity index (χ0v) is 12.2. The van der Waals surface area contributed by atoms with Crippen LogP contribution in [0.4, 0.5) is 4.39 Å². The van der Waals surface area contributed by atoms with Gasteiger partial charge in [-0.05, 0) is 39.3 Å². The van der Waals surface area contributed by atoms with Crippen LogP contribution in [0, 0.1) is 5.95 Å². The molecule has 0 radical (unpaired) electrons. The van der Waals surface area contributed by atoms with Crippen LogP contribution < -0.4 is 0 Å². The SMILES string of the molecule is CC1(C)OB(/C=C/c2cnc(F)c(CO)c2)OC1(C)C. The molecule has 1 aliphatic rings. The van der Waals surface area contributed by atoms with E-state index in [4.69, 9.17) is 14.4 Å². The predicted molar refractivity (Wildman–Crippen MR) is 75.2 cm³/mol. The Morgan fingerprint density at radius 1 is 1.30 bits per heavy atom. The largest absolute Gasteiger partial charge is 0.487 e. The summed E-state index contributed by atoms with van der Waals surface area (Å²) < 4.78 is 24.8. The van der Waals surface area contributed by atoms with Crippen molar-refractivity contribution in [2.45, 2.75) is 45.5 Å². The van der Waals surface area contributed by atoms with Gasteiger partial charge < -0.3 is 14.4 Å². The van der Waals surface area contributed by atoms with Crippen LogP contribution in [0.25, 0.3) is 6.08 Å². The Balaban J connectivity index is 2.12. The lowest BCUT2D eigenvalue weighted by Gasteiger charge is -2.32. The molecular weight excluding hydrogens is 260 g/mol. The van der Waals surface area contributed by atoms with Gasteiger partial charge in [-0.2, -0.15) is 4.39 Å². The van der Waals surface area contributed by atoms with E-state index in [1.807, 2.05) is 27.7 Å². The summed E-state index contributed by atoms with van der Waals surface area (Å²) in [5, 5.41) is 9.01. The molecule has 1 fully saturated rings. The van der Waals surface area contributed by atoms with Gasteiger partial charge in [0.25, 0.3) is 0 Å². The number of hydrogen-bond donors (Lipinski definition) is 1. The molecule has 1 aliphatic heterocycles. The van der Waals surface area contributed by atoms with E-state index in [-0.39, 0.29) is 23.4 Å². The minimum absolute atomic E-state index is 0.168. The van der Waals surface area contributed by atoms with Crippen molar-refractivity contribution in [1.82, 2.24) is 4.98 Å². The van der Waals surface area contributed by atoms with E-state index in [1.54, 1.807) is 18.1 Å². The van der Waals surface area contributed by atoms with E-state index in [1.165, 1.54) is 6.20 Å². The van der Waals surface area contributed by atoms with Crippen LogP contribution in [0.3, 0.4) is 0 Å². The van der Waals surface area contributed by atoms with Gasteiger partial charge in [0.1, 0.15) is 0 Å². The average molecular weight is 279 g/mol. The number of aromatic nitrogens is 1. The van der Waals surface area contributed by atoms with Crippen LogP contribution in [0.5, 0.6) is 0 Å². The molecule has 1 aromatic rings. The molecule has 0 unspecified atom stereocenters. The van der Waals surface area contributed by atoms with Crippen molar-refractivity contribution in [1.29, 1.82) is 0 Å². The first kappa shape index (κ1) is 15.2. The van der Waals surface area contributed by atoms with Gasteiger partial charge >= 0.3 is 7.12 Å². The standard InChI is InChI=1S/C14H19BFNO3/c1-13(2)14(3,4)20-15(19-13)6-5-10-7-11(9-18)12(16)17-8-10/h5-8,18H,9H2,1-4H3/b6-5+. The van der Waals surface area contributed by atoms with E-state index in [0.29, 0.717) is 5.56 Å². The van der Waals surface area contributed by atoms with Gasteiger partial charge in [0, 0.05) is 11.8 Å². The van der Waals surface area contributed by atoms with Gasteiger partial charge in [-0.3, -0.25) is 0 Å². The topological polar surface area (TPSA) is 51.6 Å². The van der Waals surface area contributed by atoms with Gasteiger partial charge in [-0.1, -0.05) is 12.1 Å². The van der Waals surface area contributed by atoms with Crippen molar-refractivity contribution in [3.8, 4) is 0 Å².